The second-order valence-electron chi connectivity index (χ2n) is 5.97. The van der Waals surface area contributed by atoms with Gasteiger partial charge in [-0.05, 0) is 45.6 Å². The molecule has 1 aliphatic heterocycles. The molecule has 0 aromatic carbocycles. The Kier molecular flexibility index (Phi) is 5.46. The molecule has 0 spiro atoms. The van der Waals surface area contributed by atoms with Crippen LogP contribution >= 0.6 is 0 Å². The third kappa shape index (κ3) is 3.46. The van der Waals surface area contributed by atoms with E-state index in [1.807, 2.05) is 0 Å². The molecule has 106 valence electrons. The summed E-state index contributed by atoms with van der Waals surface area (Å²) >= 11 is 0. The first-order valence-corrected chi connectivity index (χ1v) is 7.85. The summed E-state index contributed by atoms with van der Waals surface area (Å²) in [6.07, 6.45) is 7.06. The molecule has 0 bridgehead atoms. The first kappa shape index (κ1) is 14.3. The summed E-state index contributed by atoms with van der Waals surface area (Å²) < 4.78 is 5.81. The molecule has 18 heavy (non-hydrogen) atoms. The first-order valence-electron chi connectivity index (χ1n) is 7.85. The zero-order valence-electron chi connectivity index (χ0n) is 12.3. The van der Waals surface area contributed by atoms with Crippen LogP contribution in [0.5, 0.6) is 0 Å². The molecule has 0 radical (unpaired) electrons. The average Bonchev–Trinajstić information content (AvgIpc) is 2.40. The van der Waals surface area contributed by atoms with Crippen LogP contribution < -0.4 is 5.32 Å². The van der Waals surface area contributed by atoms with E-state index in [9.17, 15) is 0 Å². The first-order chi connectivity index (χ1) is 8.74. The fourth-order valence-electron chi connectivity index (χ4n) is 3.57. The molecule has 1 aliphatic carbocycles. The molecule has 1 saturated heterocycles. The quantitative estimate of drug-likeness (QED) is 0.834. The molecule has 2 aliphatic rings. The van der Waals surface area contributed by atoms with E-state index in [1.165, 1.54) is 32.1 Å². The Morgan fingerprint density at radius 3 is 2.50 bits per heavy atom. The van der Waals surface area contributed by atoms with Crippen LogP contribution in [0.4, 0.5) is 0 Å². The molecule has 3 nitrogen and oxygen atoms in total. The second kappa shape index (κ2) is 6.88. The minimum absolute atomic E-state index is 0.416. The topological polar surface area (TPSA) is 24.5 Å². The molecule has 2 fully saturated rings. The Labute approximate surface area is 112 Å². The summed E-state index contributed by atoms with van der Waals surface area (Å²) in [5.74, 6) is 0. The Morgan fingerprint density at radius 1 is 1.17 bits per heavy atom. The maximum atomic E-state index is 5.81. The minimum Gasteiger partial charge on any atom is -0.376 e. The van der Waals surface area contributed by atoms with Crippen LogP contribution in [0, 0.1) is 0 Å². The standard InChI is InChI=1S/C15H30N2O/c1-4-14-11-18-12(3)10-17(14)15-8-6-13(7-9-15)16-5-2/h12-16H,4-11H2,1-3H3. The van der Waals surface area contributed by atoms with Crippen molar-refractivity contribution in [1.29, 1.82) is 0 Å². The Balaban J connectivity index is 1.86. The normalized spacial score (nSPS) is 38.8. The lowest BCUT2D eigenvalue weighted by molar-refractivity contribution is -0.0782. The summed E-state index contributed by atoms with van der Waals surface area (Å²) in [7, 11) is 0. The molecule has 0 amide bonds. The van der Waals surface area contributed by atoms with Crippen LogP contribution in [0.3, 0.4) is 0 Å². The van der Waals surface area contributed by atoms with E-state index in [1.54, 1.807) is 0 Å². The number of morpholine rings is 1. The summed E-state index contributed by atoms with van der Waals surface area (Å²) in [6.45, 7) is 9.90. The highest BCUT2D eigenvalue weighted by molar-refractivity contribution is 4.88. The van der Waals surface area contributed by atoms with Gasteiger partial charge < -0.3 is 10.1 Å². The fraction of sp³-hybridized carbons (Fsp3) is 1.00. The van der Waals surface area contributed by atoms with Crippen molar-refractivity contribution >= 4 is 0 Å². The van der Waals surface area contributed by atoms with Crippen molar-refractivity contribution in [2.45, 2.75) is 77.1 Å². The summed E-state index contributed by atoms with van der Waals surface area (Å²) in [5.41, 5.74) is 0. The number of nitrogens with zero attached hydrogens (tertiary/aromatic N) is 1. The van der Waals surface area contributed by atoms with Crippen molar-refractivity contribution < 1.29 is 4.74 Å². The largest absolute Gasteiger partial charge is 0.376 e. The third-order valence-corrected chi connectivity index (χ3v) is 4.64. The molecule has 1 heterocycles. The van der Waals surface area contributed by atoms with Crippen molar-refractivity contribution in [2.75, 3.05) is 19.7 Å². The van der Waals surface area contributed by atoms with Gasteiger partial charge in [-0.1, -0.05) is 13.8 Å². The maximum absolute atomic E-state index is 5.81. The van der Waals surface area contributed by atoms with E-state index >= 15 is 0 Å². The van der Waals surface area contributed by atoms with E-state index in [0.717, 1.165) is 31.8 Å². The van der Waals surface area contributed by atoms with Gasteiger partial charge in [-0.2, -0.15) is 0 Å². The lowest BCUT2D eigenvalue weighted by Crippen LogP contribution is -2.54. The number of hydrogen-bond acceptors (Lipinski definition) is 3. The van der Waals surface area contributed by atoms with Crippen LogP contribution in [0.2, 0.25) is 0 Å². The van der Waals surface area contributed by atoms with Crippen molar-refractivity contribution in [3.63, 3.8) is 0 Å². The van der Waals surface area contributed by atoms with E-state index in [4.69, 9.17) is 4.74 Å². The van der Waals surface area contributed by atoms with E-state index in [0.29, 0.717) is 12.1 Å². The average molecular weight is 254 g/mol. The van der Waals surface area contributed by atoms with Crippen LogP contribution in [0.15, 0.2) is 0 Å². The highest BCUT2D eigenvalue weighted by Crippen LogP contribution is 2.27. The van der Waals surface area contributed by atoms with E-state index < -0.39 is 0 Å². The van der Waals surface area contributed by atoms with Gasteiger partial charge in [-0.3, -0.25) is 4.90 Å². The van der Waals surface area contributed by atoms with Crippen LogP contribution in [-0.4, -0.2) is 48.8 Å². The summed E-state index contributed by atoms with van der Waals surface area (Å²) in [4.78, 5) is 2.75. The summed E-state index contributed by atoms with van der Waals surface area (Å²) in [5, 5.41) is 3.60. The van der Waals surface area contributed by atoms with Gasteiger partial charge in [0, 0.05) is 24.7 Å². The second-order valence-corrected chi connectivity index (χ2v) is 5.97. The van der Waals surface area contributed by atoms with Crippen LogP contribution in [0.25, 0.3) is 0 Å². The fourth-order valence-corrected chi connectivity index (χ4v) is 3.57. The third-order valence-electron chi connectivity index (χ3n) is 4.64. The van der Waals surface area contributed by atoms with Crippen molar-refractivity contribution in [2.24, 2.45) is 0 Å². The van der Waals surface area contributed by atoms with Crippen molar-refractivity contribution in [1.82, 2.24) is 10.2 Å². The van der Waals surface area contributed by atoms with Crippen LogP contribution in [0.1, 0.15) is 52.9 Å². The molecular weight excluding hydrogens is 224 g/mol. The predicted octanol–water partition coefficient (Wildman–Crippen LogP) is 2.41. The maximum Gasteiger partial charge on any atom is 0.0674 e. The number of hydrogen-bond donors (Lipinski definition) is 1. The number of rotatable bonds is 4. The molecule has 0 aromatic heterocycles. The Morgan fingerprint density at radius 2 is 1.89 bits per heavy atom. The van der Waals surface area contributed by atoms with Gasteiger partial charge >= 0.3 is 0 Å². The Hall–Kier alpha value is -0.120. The monoisotopic (exact) mass is 254 g/mol. The van der Waals surface area contributed by atoms with E-state index in [-0.39, 0.29) is 0 Å². The number of ether oxygens (including phenoxy) is 1. The SMILES string of the molecule is CCNC1CCC(N2CC(C)OCC2CC)CC1. The van der Waals surface area contributed by atoms with Gasteiger partial charge in [0.1, 0.15) is 0 Å². The van der Waals surface area contributed by atoms with Gasteiger partial charge in [0.15, 0.2) is 0 Å². The molecule has 2 unspecified atom stereocenters. The highest BCUT2D eigenvalue weighted by atomic mass is 16.5. The van der Waals surface area contributed by atoms with Gasteiger partial charge in [-0.15, -0.1) is 0 Å². The van der Waals surface area contributed by atoms with Crippen molar-refractivity contribution in [3.8, 4) is 0 Å². The molecular formula is C15H30N2O. The van der Waals surface area contributed by atoms with Crippen molar-refractivity contribution in [3.05, 3.63) is 0 Å². The smallest absolute Gasteiger partial charge is 0.0674 e. The zero-order valence-corrected chi connectivity index (χ0v) is 12.3. The molecule has 2 rings (SSSR count). The molecule has 1 N–H and O–H groups in total. The molecule has 0 aromatic rings. The van der Waals surface area contributed by atoms with E-state index in [2.05, 4.69) is 31.0 Å². The van der Waals surface area contributed by atoms with Gasteiger partial charge in [-0.25, -0.2) is 0 Å². The lowest BCUT2D eigenvalue weighted by atomic mass is 9.88. The summed E-state index contributed by atoms with van der Waals surface area (Å²) in [6, 6.07) is 2.22. The van der Waals surface area contributed by atoms with Gasteiger partial charge in [0.2, 0.25) is 0 Å². The molecule has 1 saturated carbocycles. The molecule has 2 atom stereocenters. The van der Waals surface area contributed by atoms with Gasteiger partial charge in [0.25, 0.3) is 0 Å². The van der Waals surface area contributed by atoms with Crippen LogP contribution in [-0.2, 0) is 4.74 Å². The van der Waals surface area contributed by atoms with Gasteiger partial charge in [0.05, 0.1) is 12.7 Å². The minimum atomic E-state index is 0.416. The highest BCUT2D eigenvalue weighted by Gasteiger charge is 2.33. The molecule has 3 heteroatoms. The lowest BCUT2D eigenvalue weighted by Gasteiger charge is -2.45. The zero-order chi connectivity index (χ0) is 13.0. The Bertz CT molecular complexity index is 239. The predicted molar refractivity (Wildman–Crippen MR) is 75.9 cm³/mol. The number of nitrogens with one attached hydrogen (secondary N) is 1.